The third kappa shape index (κ3) is 2.71. The molecule has 0 aliphatic rings. The highest BCUT2D eigenvalue weighted by atomic mass is 35.5. The standard InChI is InChI=1S/C10H8ClF2N3O/c11-5-4-8-15-16-10(17-8)14-9-6(12)2-1-3-7(9)13/h1-3H,4-5H2,(H,14,16). The van der Waals surface area contributed by atoms with Gasteiger partial charge >= 0.3 is 6.01 Å². The zero-order valence-electron chi connectivity index (χ0n) is 8.58. The fraction of sp³-hybridized carbons (Fsp3) is 0.200. The minimum absolute atomic E-state index is 0.0749. The highest BCUT2D eigenvalue weighted by molar-refractivity contribution is 6.17. The van der Waals surface area contributed by atoms with Gasteiger partial charge in [0, 0.05) is 12.3 Å². The van der Waals surface area contributed by atoms with Crippen molar-refractivity contribution in [1.29, 1.82) is 0 Å². The summed E-state index contributed by atoms with van der Waals surface area (Å²) in [6, 6.07) is 3.44. The summed E-state index contributed by atoms with van der Waals surface area (Å²) in [5.41, 5.74) is -0.325. The molecule has 1 heterocycles. The summed E-state index contributed by atoms with van der Waals surface area (Å²) in [5, 5.41) is 9.63. The predicted octanol–water partition coefficient (Wildman–Crippen LogP) is 2.87. The maximum absolute atomic E-state index is 13.3. The first kappa shape index (κ1) is 11.8. The Bertz CT molecular complexity index is 498. The minimum atomic E-state index is -0.734. The van der Waals surface area contributed by atoms with Crippen LogP contribution in [-0.2, 0) is 6.42 Å². The van der Waals surface area contributed by atoms with Gasteiger partial charge < -0.3 is 9.73 Å². The number of nitrogens with zero attached hydrogens (tertiary/aromatic N) is 2. The maximum atomic E-state index is 13.3. The molecule has 0 aliphatic carbocycles. The van der Waals surface area contributed by atoms with Crippen molar-refractivity contribution in [3.8, 4) is 0 Å². The number of nitrogens with one attached hydrogen (secondary N) is 1. The minimum Gasteiger partial charge on any atom is -0.408 e. The average molecular weight is 260 g/mol. The Kier molecular flexibility index (Phi) is 3.53. The van der Waals surface area contributed by atoms with E-state index >= 15 is 0 Å². The van der Waals surface area contributed by atoms with E-state index in [4.69, 9.17) is 16.0 Å². The van der Waals surface area contributed by atoms with Gasteiger partial charge in [0.05, 0.1) is 0 Å². The van der Waals surface area contributed by atoms with E-state index in [9.17, 15) is 8.78 Å². The van der Waals surface area contributed by atoms with Crippen molar-refractivity contribution in [2.75, 3.05) is 11.2 Å². The highest BCUT2D eigenvalue weighted by Gasteiger charge is 2.12. The largest absolute Gasteiger partial charge is 0.408 e. The van der Waals surface area contributed by atoms with Gasteiger partial charge in [0.15, 0.2) is 0 Å². The Morgan fingerprint density at radius 3 is 2.59 bits per heavy atom. The molecule has 0 bridgehead atoms. The highest BCUT2D eigenvalue weighted by Crippen LogP contribution is 2.22. The number of alkyl halides is 1. The summed E-state index contributed by atoms with van der Waals surface area (Å²) in [7, 11) is 0. The molecule has 1 N–H and O–H groups in total. The van der Waals surface area contributed by atoms with E-state index in [1.165, 1.54) is 6.07 Å². The lowest BCUT2D eigenvalue weighted by molar-refractivity contribution is 0.513. The van der Waals surface area contributed by atoms with Crippen LogP contribution in [0.5, 0.6) is 0 Å². The SMILES string of the molecule is Fc1cccc(F)c1Nc1nnc(CCCl)o1. The van der Waals surface area contributed by atoms with Crippen molar-refractivity contribution in [3.63, 3.8) is 0 Å². The molecule has 7 heteroatoms. The van der Waals surface area contributed by atoms with Crippen molar-refractivity contribution >= 4 is 23.3 Å². The molecule has 2 rings (SSSR count). The quantitative estimate of drug-likeness (QED) is 0.858. The molecule has 2 aromatic rings. The van der Waals surface area contributed by atoms with Crippen LogP contribution in [0.4, 0.5) is 20.5 Å². The van der Waals surface area contributed by atoms with Crippen molar-refractivity contribution < 1.29 is 13.2 Å². The lowest BCUT2D eigenvalue weighted by atomic mass is 10.3. The lowest BCUT2D eigenvalue weighted by Gasteiger charge is -2.03. The Labute approximate surface area is 101 Å². The summed E-state index contributed by atoms with van der Waals surface area (Å²) >= 11 is 5.49. The Morgan fingerprint density at radius 2 is 1.94 bits per heavy atom. The second kappa shape index (κ2) is 5.09. The molecule has 0 atom stereocenters. The summed E-state index contributed by atoms with van der Waals surface area (Å²) in [4.78, 5) is 0. The number of hydrogen-bond acceptors (Lipinski definition) is 4. The van der Waals surface area contributed by atoms with Gasteiger partial charge in [-0.2, -0.15) is 0 Å². The van der Waals surface area contributed by atoms with E-state index in [0.717, 1.165) is 12.1 Å². The third-order valence-corrected chi connectivity index (χ3v) is 2.16. The summed E-state index contributed by atoms with van der Waals surface area (Å²) < 4.78 is 31.6. The molecule has 0 fully saturated rings. The molecule has 4 nitrogen and oxygen atoms in total. The molecule has 1 aromatic heterocycles. The molecular formula is C10H8ClF2N3O. The Morgan fingerprint density at radius 1 is 1.24 bits per heavy atom. The number of benzene rings is 1. The first-order chi connectivity index (χ1) is 8.20. The van der Waals surface area contributed by atoms with E-state index in [0.29, 0.717) is 18.2 Å². The van der Waals surface area contributed by atoms with E-state index < -0.39 is 11.6 Å². The van der Waals surface area contributed by atoms with Crippen LogP contribution in [0.25, 0.3) is 0 Å². The van der Waals surface area contributed by atoms with Gasteiger partial charge in [0.25, 0.3) is 0 Å². The molecular weight excluding hydrogens is 252 g/mol. The Hall–Kier alpha value is -1.69. The molecule has 0 spiro atoms. The normalized spacial score (nSPS) is 10.5. The molecule has 0 amide bonds. The van der Waals surface area contributed by atoms with E-state index in [-0.39, 0.29) is 11.7 Å². The molecule has 90 valence electrons. The number of halogens is 3. The number of aryl methyl sites for hydroxylation is 1. The van der Waals surface area contributed by atoms with Crippen LogP contribution in [0, 0.1) is 11.6 Å². The smallest absolute Gasteiger partial charge is 0.320 e. The monoisotopic (exact) mass is 259 g/mol. The molecule has 0 saturated carbocycles. The van der Waals surface area contributed by atoms with Crippen molar-refractivity contribution in [2.45, 2.75) is 6.42 Å². The van der Waals surface area contributed by atoms with Crippen LogP contribution in [0.2, 0.25) is 0 Å². The molecule has 0 radical (unpaired) electrons. The van der Waals surface area contributed by atoms with Crippen LogP contribution >= 0.6 is 11.6 Å². The van der Waals surface area contributed by atoms with E-state index in [2.05, 4.69) is 15.5 Å². The number of para-hydroxylation sites is 1. The van der Waals surface area contributed by atoms with Crippen molar-refractivity contribution in [1.82, 2.24) is 10.2 Å². The van der Waals surface area contributed by atoms with Crippen LogP contribution in [0.1, 0.15) is 5.89 Å². The zero-order chi connectivity index (χ0) is 12.3. The lowest BCUT2D eigenvalue weighted by Crippen LogP contribution is -1.97. The molecule has 1 aromatic carbocycles. The van der Waals surface area contributed by atoms with Crippen LogP contribution in [-0.4, -0.2) is 16.1 Å². The van der Waals surface area contributed by atoms with Gasteiger partial charge in [0.1, 0.15) is 17.3 Å². The first-order valence-electron chi connectivity index (χ1n) is 4.80. The molecule has 0 unspecified atom stereocenters. The van der Waals surface area contributed by atoms with E-state index in [1.807, 2.05) is 0 Å². The molecule has 0 saturated heterocycles. The molecule has 17 heavy (non-hydrogen) atoms. The second-order valence-electron chi connectivity index (χ2n) is 3.16. The topological polar surface area (TPSA) is 51.0 Å². The number of rotatable bonds is 4. The Balaban J connectivity index is 2.19. The van der Waals surface area contributed by atoms with Gasteiger partial charge in [-0.15, -0.1) is 16.7 Å². The summed E-state index contributed by atoms with van der Waals surface area (Å²) in [5.74, 6) is -0.834. The van der Waals surface area contributed by atoms with Crippen LogP contribution in [0.3, 0.4) is 0 Å². The second-order valence-corrected chi connectivity index (χ2v) is 3.54. The van der Waals surface area contributed by atoms with Gasteiger partial charge in [-0.05, 0) is 12.1 Å². The summed E-state index contributed by atoms with van der Waals surface area (Å²) in [6.07, 6.45) is 0.399. The van der Waals surface area contributed by atoms with Gasteiger partial charge in [0.2, 0.25) is 5.89 Å². The number of anilines is 2. The maximum Gasteiger partial charge on any atom is 0.320 e. The van der Waals surface area contributed by atoms with E-state index in [1.54, 1.807) is 0 Å². The van der Waals surface area contributed by atoms with Gasteiger partial charge in [-0.3, -0.25) is 0 Å². The third-order valence-electron chi connectivity index (χ3n) is 1.97. The van der Waals surface area contributed by atoms with Crippen molar-refractivity contribution in [3.05, 3.63) is 35.7 Å². The fourth-order valence-corrected chi connectivity index (χ4v) is 1.37. The fourth-order valence-electron chi connectivity index (χ4n) is 1.21. The van der Waals surface area contributed by atoms with Gasteiger partial charge in [-0.25, -0.2) is 8.78 Å². The summed E-state index contributed by atoms with van der Waals surface area (Å²) in [6.45, 7) is 0. The number of hydrogen-bond donors (Lipinski definition) is 1. The molecule has 0 aliphatic heterocycles. The number of aromatic nitrogens is 2. The van der Waals surface area contributed by atoms with Crippen molar-refractivity contribution in [2.24, 2.45) is 0 Å². The van der Waals surface area contributed by atoms with Crippen LogP contribution < -0.4 is 5.32 Å². The average Bonchev–Trinajstić information content (AvgIpc) is 2.72. The predicted molar refractivity (Wildman–Crippen MR) is 58.4 cm³/mol. The first-order valence-corrected chi connectivity index (χ1v) is 5.33. The zero-order valence-corrected chi connectivity index (χ0v) is 9.34. The van der Waals surface area contributed by atoms with Crippen LogP contribution in [0.15, 0.2) is 22.6 Å². The van der Waals surface area contributed by atoms with Gasteiger partial charge in [-0.1, -0.05) is 11.2 Å².